The van der Waals surface area contributed by atoms with Gasteiger partial charge in [-0.2, -0.15) is 0 Å². The molecule has 0 fully saturated rings. The molecular formula is C27H39N. The molecule has 0 spiro atoms. The quantitative estimate of drug-likeness (QED) is 0.511. The molecule has 0 saturated carbocycles. The largest absolute Gasteiger partial charge is 0.257 e. The van der Waals surface area contributed by atoms with Gasteiger partial charge in [0, 0.05) is 12.1 Å². The second-order valence-corrected chi connectivity index (χ2v) is 10.0. The molecule has 0 atom stereocenters. The van der Waals surface area contributed by atoms with Crippen LogP contribution in [-0.4, -0.2) is 5.71 Å². The van der Waals surface area contributed by atoms with Gasteiger partial charge in [-0.05, 0) is 51.5 Å². The number of fused-ring (bicyclic) bond motifs is 1. The van der Waals surface area contributed by atoms with E-state index in [1.807, 2.05) is 0 Å². The van der Waals surface area contributed by atoms with Gasteiger partial charge in [0.15, 0.2) is 0 Å². The number of hydrogen-bond donors (Lipinski definition) is 0. The Hall–Kier alpha value is -1.89. The van der Waals surface area contributed by atoms with Gasteiger partial charge in [-0.1, -0.05) is 98.7 Å². The summed E-state index contributed by atoms with van der Waals surface area (Å²) in [5.41, 5.74) is 8.42. The van der Waals surface area contributed by atoms with Gasteiger partial charge in [0.05, 0.1) is 5.69 Å². The second-order valence-electron chi connectivity index (χ2n) is 10.0. The van der Waals surface area contributed by atoms with Crippen LogP contribution in [-0.2, 0) is 11.8 Å². The van der Waals surface area contributed by atoms with Crippen molar-refractivity contribution in [3.63, 3.8) is 0 Å². The molecule has 0 N–H and O–H groups in total. The minimum atomic E-state index is 0.273. The van der Waals surface area contributed by atoms with Gasteiger partial charge in [-0.15, -0.1) is 0 Å². The Morgan fingerprint density at radius 3 is 1.71 bits per heavy atom. The average molecular weight is 378 g/mol. The first-order valence-corrected chi connectivity index (χ1v) is 10.8. The van der Waals surface area contributed by atoms with Gasteiger partial charge in [-0.3, -0.25) is 4.99 Å². The number of benzene rings is 2. The highest BCUT2D eigenvalue weighted by atomic mass is 14.8. The van der Waals surface area contributed by atoms with E-state index in [2.05, 4.69) is 105 Å². The summed E-state index contributed by atoms with van der Waals surface area (Å²) >= 11 is 0. The first-order chi connectivity index (χ1) is 13.0. The van der Waals surface area contributed by atoms with Crippen LogP contribution in [0.25, 0.3) is 0 Å². The number of nitrogens with zero attached hydrogens (tertiary/aromatic N) is 1. The van der Waals surface area contributed by atoms with Crippen LogP contribution in [0.2, 0.25) is 0 Å². The Balaban J connectivity index is 0.000000203. The zero-order valence-corrected chi connectivity index (χ0v) is 19.4. The van der Waals surface area contributed by atoms with E-state index >= 15 is 0 Å². The van der Waals surface area contributed by atoms with Crippen LogP contribution in [0.5, 0.6) is 0 Å². The van der Waals surface area contributed by atoms with Crippen molar-refractivity contribution in [1.29, 1.82) is 0 Å². The fraction of sp³-hybridized carbons (Fsp3) is 0.519. The van der Waals surface area contributed by atoms with E-state index in [1.165, 1.54) is 33.7 Å². The maximum absolute atomic E-state index is 4.71. The van der Waals surface area contributed by atoms with E-state index in [-0.39, 0.29) is 5.41 Å². The lowest BCUT2D eigenvalue weighted by Crippen LogP contribution is -2.10. The lowest BCUT2D eigenvalue weighted by Gasteiger charge is -2.19. The molecule has 1 aliphatic heterocycles. The van der Waals surface area contributed by atoms with Crippen LogP contribution in [0.3, 0.4) is 0 Å². The summed E-state index contributed by atoms with van der Waals surface area (Å²) in [4.78, 5) is 4.71. The summed E-state index contributed by atoms with van der Waals surface area (Å²) in [7, 11) is 0. The summed E-state index contributed by atoms with van der Waals surface area (Å²) in [6, 6.07) is 15.7. The Bertz CT molecular complexity index is 799. The monoisotopic (exact) mass is 377 g/mol. The Morgan fingerprint density at radius 1 is 0.714 bits per heavy atom. The van der Waals surface area contributed by atoms with Crippen molar-refractivity contribution in [3.8, 4) is 0 Å². The van der Waals surface area contributed by atoms with Gasteiger partial charge in [-0.25, -0.2) is 0 Å². The van der Waals surface area contributed by atoms with Crippen LogP contribution in [0.15, 0.2) is 47.5 Å². The molecule has 0 radical (unpaired) electrons. The van der Waals surface area contributed by atoms with E-state index in [1.54, 1.807) is 0 Å². The molecule has 3 rings (SSSR count). The van der Waals surface area contributed by atoms with Crippen molar-refractivity contribution >= 4 is 11.4 Å². The van der Waals surface area contributed by atoms with Crippen LogP contribution < -0.4 is 0 Å². The fourth-order valence-corrected chi connectivity index (χ4v) is 3.28. The van der Waals surface area contributed by atoms with Crippen molar-refractivity contribution in [2.24, 2.45) is 10.9 Å². The molecule has 2 aromatic rings. The van der Waals surface area contributed by atoms with Crippen LogP contribution in [0, 0.1) is 5.92 Å². The van der Waals surface area contributed by atoms with Crippen molar-refractivity contribution in [2.75, 3.05) is 0 Å². The highest BCUT2D eigenvalue weighted by molar-refractivity contribution is 5.95. The highest BCUT2D eigenvalue weighted by Crippen LogP contribution is 2.31. The van der Waals surface area contributed by atoms with Gasteiger partial charge >= 0.3 is 0 Å². The standard InChI is InChI=1S/C14H19N.C13H20/c1-9(2)11-5-6-12-8-13(10(3)4)15-14(12)7-11;1-10(2)11-6-8-12(9-7-11)13(3,4)5/h5-7,9-10H,8H2,1-4H3;6-10H,1-5H3. The Kier molecular flexibility index (Phi) is 7.26. The smallest absolute Gasteiger partial charge is 0.0667 e. The van der Waals surface area contributed by atoms with Crippen molar-refractivity contribution < 1.29 is 0 Å². The van der Waals surface area contributed by atoms with Crippen LogP contribution in [0.4, 0.5) is 5.69 Å². The molecule has 0 aliphatic carbocycles. The number of rotatable bonds is 3. The summed E-state index contributed by atoms with van der Waals surface area (Å²) in [5, 5.41) is 0. The van der Waals surface area contributed by atoms with Gasteiger partial charge in [0.2, 0.25) is 0 Å². The molecule has 1 aliphatic rings. The third-order valence-electron chi connectivity index (χ3n) is 5.52. The van der Waals surface area contributed by atoms with E-state index < -0.39 is 0 Å². The van der Waals surface area contributed by atoms with Gasteiger partial charge in [0.25, 0.3) is 0 Å². The topological polar surface area (TPSA) is 12.4 Å². The normalized spacial score (nSPS) is 13.5. The number of hydrogen-bond acceptors (Lipinski definition) is 1. The van der Waals surface area contributed by atoms with E-state index in [4.69, 9.17) is 4.99 Å². The zero-order valence-electron chi connectivity index (χ0n) is 19.4. The fourth-order valence-electron chi connectivity index (χ4n) is 3.28. The summed E-state index contributed by atoms with van der Waals surface area (Å²) < 4.78 is 0. The molecule has 1 heterocycles. The Morgan fingerprint density at radius 2 is 1.25 bits per heavy atom. The molecule has 0 bridgehead atoms. The predicted molar refractivity (Wildman–Crippen MR) is 125 cm³/mol. The van der Waals surface area contributed by atoms with Crippen LogP contribution >= 0.6 is 0 Å². The number of aliphatic imine (C=N–C) groups is 1. The summed E-state index contributed by atoms with van der Waals surface area (Å²) in [6.45, 7) is 20.1. The maximum atomic E-state index is 4.71. The molecule has 0 unspecified atom stereocenters. The highest BCUT2D eigenvalue weighted by Gasteiger charge is 2.17. The predicted octanol–water partition coefficient (Wildman–Crippen LogP) is 8.20. The lowest BCUT2D eigenvalue weighted by molar-refractivity contribution is 0.589. The lowest BCUT2D eigenvalue weighted by atomic mass is 9.86. The maximum Gasteiger partial charge on any atom is 0.0667 e. The second kappa shape index (κ2) is 9.07. The SMILES string of the molecule is CC(C)C1=Nc2cc(C(C)C)ccc2C1.CC(C)c1ccc(C(C)(C)C)cc1. The average Bonchev–Trinajstić information content (AvgIpc) is 3.05. The third kappa shape index (κ3) is 5.80. The molecule has 1 nitrogen and oxygen atoms in total. The van der Waals surface area contributed by atoms with Crippen molar-refractivity contribution in [2.45, 2.75) is 86.0 Å². The summed E-state index contributed by atoms with van der Waals surface area (Å²) in [6.07, 6.45) is 1.05. The van der Waals surface area contributed by atoms with Crippen LogP contribution in [0.1, 0.15) is 96.4 Å². The molecule has 2 aromatic carbocycles. The molecule has 0 saturated heterocycles. The molecule has 1 heteroatoms. The summed E-state index contributed by atoms with van der Waals surface area (Å²) in [5.74, 6) is 1.79. The van der Waals surface area contributed by atoms with E-state index in [0.29, 0.717) is 17.8 Å². The molecule has 28 heavy (non-hydrogen) atoms. The minimum absolute atomic E-state index is 0.273. The zero-order chi connectivity index (χ0) is 21.1. The van der Waals surface area contributed by atoms with Crippen molar-refractivity contribution in [3.05, 3.63) is 64.7 Å². The van der Waals surface area contributed by atoms with Crippen molar-refractivity contribution in [1.82, 2.24) is 0 Å². The Labute approximate surface area is 173 Å². The minimum Gasteiger partial charge on any atom is -0.257 e. The van der Waals surface area contributed by atoms with E-state index in [9.17, 15) is 0 Å². The molecular weight excluding hydrogens is 338 g/mol. The first kappa shape index (κ1) is 22.4. The molecule has 0 amide bonds. The van der Waals surface area contributed by atoms with Gasteiger partial charge < -0.3 is 0 Å². The first-order valence-electron chi connectivity index (χ1n) is 10.8. The van der Waals surface area contributed by atoms with Gasteiger partial charge in [0.1, 0.15) is 0 Å². The molecule has 0 aromatic heterocycles. The van der Waals surface area contributed by atoms with E-state index in [0.717, 1.165) is 6.42 Å². The molecule has 152 valence electrons. The third-order valence-corrected chi connectivity index (χ3v) is 5.52.